The highest BCUT2D eigenvalue weighted by atomic mass is 16.5. The molecule has 2 atom stereocenters. The Kier molecular flexibility index (Phi) is 4.18. The lowest BCUT2D eigenvalue weighted by atomic mass is 9.64. The molecular weight excluding hydrogens is 256 g/mol. The maximum Gasteiger partial charge on any atom is 0.273 e. The molecule has 1 aromatic rings. The van der Waals surface area contributed by atoms with Gasteiger partial charge in [0.15, 0.2) is 12.1 Å². The zero-order chi connectivity index (χ0) is 14.9. The van der Waals surface area contributed by atoms with Crippen LogP contribution in [0.2, 0.25) is 0 Å². The number of hydrogen-bond acceptors (Lipinski definition) is 4. The molecule has 0 saturated heterocycles. The summed E-state index contributed by atoms with van der Waals surface area (Å²) in [7, 11) is 0. The largest absolute Gasteiger partial charge is 0.447 e. The first kappa shape index (κ1) is 15.0. The molecule has 5 nitrogen and oxygen atoms in total. The Bertz CT molecular complexity index is 479. The summed E-state index contributed by atoms with van der Waals surface area (Å²) in [6, 6.07) is 0.114. The van der Waals surface area contributed by atoms with E-state index < -0.39 is 0 Å². The molecule has 1 fully saturated rings. The van der Waals surface area contributed by atoms with Crippen LogP contribution in [0.25, 0.3) is 0 Å². The van der Waals surface area contributed by atoms with Gasteiger partial charge in [-0.25, -0.2) is 4.98 Å². The van der Waals surface area contributed by atoms with E-state index in [9.17, 15) is 4.79 Å². The van der Waals surface area contributed by atoms with Crippen molar-refractivity contribution in [1.82, 2.24) is 10.3 Å². The predicted molar refractivity (Wildman–Crippen MR) is 75.7 cm³/mol. The van der Waals surface area contributed by atoms with Crippen LogP contribution >= 0.6 is 0 Å². The molecule has 0 bridgehead atoms. The minimum Gasteiger partial charge on any atom is -0.447 e. The van der Waals surface area contributed by atoms with Crippen molar-refractivity contribution in [1.29, 1.82) is 0 Å². The van der Waals surface area contributed by atoms with Crippen LogP contribution in [0.3, 0.4) is 0 Å². The summed E-state index contributed by atoms with van der Waals surface area (Å²) in [5.41, 5.74) is 0.351. The lowest BCUT2D eigenvalue weighted by Gasteiger charge is -2.51. The topological polar surface area (TPSA) is 64.4 Å². The monoisotopic (exact) mass is 280 g/mol. The van der Waals surface area contributed by atoms with Crippen molar-refractivity contribution < 1.29 is 13.9 Å². The van der Waals surface area contributed by atoms with Crippen molar-refractivity contribution in [3.05, 3.63) is 17.8 Å². The van der Waals surface area contributed by atoms with Crippen LogP contribution in [0.5, 0.6) is 0 Å². The SMILES string of the molecule is CCO[C@@H]1C[C@H](NC(=O)c2ncoc2C(C)C)C1(C)C. The number of hydrogen-bond donors (Lipinski definition) is 1. The Hall–Kier alpha value is -1.36. The van der Waals surface area contributed by atoms with Crippen molar-refractivity contribution in [2.24, 2.45) is 5.41 Å². The number of oxazole rings is 1. The summed E-state index contributed by atoms with van der Waals surface area (Å²) < 4.78 is 11.0. The third-order valence-electron chi connectivity index (χ3n) is 4.19. The van der Waals surface area contributed by atoms with Gasteiger partial charge in [0, 0.05) is 24.0 Å². The standard InChI is InChI=1S/C15H24N2O3/c1-6-19-11-7-10(15(11,4)5)17-14(18)12-13(9(2)3)20-8-16-12/h8-11H,6-7H2,1-5H3,(H,17,18)/t10-,11+/m0/s1. The van der Waals surface area contributed by atoms with Gasteiger partial charge in [0.25, 0.3) is 5.91 Å². The number of aromatic nitrogens is 1. The summed E-state index contributed by atoms with van der Waals surface area (Å²) >= 11 is 0. The zero-order valence-corrected chi connectivity index (χ0v) is 12.9. The minimum atomic E-state index is -0.157. The van der Waals surface area contributed by atoms with Crippen LogP contribution in [0.15, 0.2) is 10.8 Å². The van der Waals surface area contributed by atoms with E-state index >= 15 is 0 Å². The highest BCUT2D eigenvalue weighted by Gasteiger charge is 2.49. The molecule has 0 radical (unpaired) electrons. The molecule has 2 rings (SSSR count). The Labute approximate surface area is 120 Å². The number of carbonyl (C=O) groups is 1. The molecule has 1 saturated carbocycles. The van der Waals surface area contributed by atoms with E-state index in [4.69, 9.17) is 9.15 Å². The molecule has 5 heteroatoms. The van der Waals surface area contributed by atoms with Gasteiger partial charge >= 0.3 is 0 Å². The molecule has 1 amide bonds. The van der Waals surface area contributed by atoms with Crippen LogP contribution in [0.1, 0.15) is 63.2 Å². The fourth-order valence-corrected chi connectivity index (χ4v) is 2.68. The smallest absolute Gasteiger partial charge is 0.273 e. The molecule has 1 aliphatic rings. The number of rotatable bonds is 5. The van der Waals surface area contributed by atoms with Crippen molar-refractivity contribution in [3.8, 4) is 0 Å². The van der Waals surface area contributed by atoms with Gasteiger partial charge in [0.05, 0.1) is 6.10 Å². The molecule has 0 aliphatic heterocycles. The summed E-state index contributed by atoms with van der Waals surface area (Å²) in [6.07, 6.45) is 2.39. The van der Waals surface area contributed by atoms with E-state index in [0.717, 1.165) is 6.42 Å². The van der Waals surface area contributed by atoms with E-state index in [2.05, 4.69) is 24.1 Å². The van der Waals surface area contributed by atoms with Crippen LogP contribution in [0.4, 0.5) is 0 Å². The van der Waals surface area contributed by atoms with Crippen LogP contribution in [-0.4, -0.2) is 29.6 Å². The number of ether oxygens (including phenoxy) is 1. The number of nitrogens with zero attached hydrogens (tertiary/aromatic N) is 1. The molecule has 1 aliphatic carbocycles. The highest BCUT2D eigenvalue weighted by molar-refractivity contribution is 5.93. The second-order valence-electron chi connectivity index (χ2n) is 6.25. The number of carbonyl (C=O) groups excluding carboxylic acids is 1. The molecule has 0 spiro atoms. The predicted octanol–water partition coefficient (Wildman–Crippen LogP) is 2.73. The first-order chi connectivity index (χ1) is 9.37. The Morgan fingerprint density at radius 3 is 2.85 bits per heavy atom. The first-order valence-corrected chi connectivity index (χ1v) is 7.23. The summed E-state index contributed by atoms with van der Waals surface area (Å²) in [6.45, 7) is 10.9. The van der Waals surface area contributed by atoms with Gasteiger partial charge < -0.3 is 14.5 Å². The molecular formula is C15H24N2O3. The maximum atomic E-state index is 12.3. The van der Waals surface area contributed by atoms with E-state index in [1.54, 1.807) is 0 Å². The lowest BCUT2D eigenvalue weighted by Crippen LogP contribution is -2.62. The quantitative estimate of drug-likeness (QED) is 0.900. The second kappa shape index (κ2) is 5.56. The van der Waals surface area contributed by atoms with E-state index in [1.165, 1.54) is 6.39 Å². The average molecular weight is 280 g/mol. The second-order valence-corrected chi connectivity index (χ2v) is 6.25. The summed E-state index contributed by atoms with van der Waals surface area (Å²) in [4.78, 5) is 16.4. The molecule has 0 aromatic carbocycles. The fraction of sp³-hybridized carbons (Fsp3) is 0.733. The van der Waals surface area contributed by atoms with Gasteiger partial charge in [-0.05, 0) is 13.3 Å². The van der Waals surface area contributed by atoms with E-state index in [0.29, 0.717) is 18.1 Å². The van der Waals surface area contributed by atoms with Gasteiger partial charge in [-0.3, -0.25) is 4.79 Å². The normalized spacial score (nSPS) is 24.5. The van der Waals surface area contributed by atoms with Crippen molar-refractivity contribution in [3.63, 3.8) is 0 Å². The summed E-state index contributed by atoms with van der Waals surface area (Å²) in [5.74, 6) is 0.625. The van der Waals surface area contributed by atoms with Crippen molar-refractivity contribution in [2.75, 3.05) is 6.61 Å². The third-order valence-corrected chi connectivity index (χ3v) is 4.19. The first-order valence-electron chi connectivity index (χ1n) is 7.23. The Morgan fingerprint density at radius 2 is 2.30 bits per heavy atom. The van der Waals surface area contributed by atoms with Crippen LogP contribution < -0.4 is 5.32 Å². The third kappa shape index (κ3) is 2.59. The van der Waals surface area contributed by atoms with Crippen LogP contribution in [-0.2, 0) is 4.74 Å². The van der Waals surface area contributed by atoms with Gasteiger partial charge in [0.2, 0.25) is 0 Å². The van der Waals surface area contributed by atoms with Crippen LogP contribution in [0, 0.1) is 5.41 Å². The molecule has 0 unspecified atom stereocenters. The fourth-order valence-electron chi connectivity index (χ4n) is 2.68. The Morgan fingerprint density at radius 1 is 1.60 bits per heavy atom. The number of nitrogens with one attached hydrogen (secondary N) is 1. The van der Waals surface area contributed by atoms with Gasteiger partial charge in [0.1, 0.15) is 5.76 Å². The highest BCUT2D eigenvalue weighted by Crippen LogP contribution is 2.42. The van der Waals surface area contributed by atoms with Gasteiger partial charge in [-0.15, -0.1) is 0 Å². The Balaban J connectivity index is 2.01. The van der Waals surface area contributed by atoms with Gasteiger partial charge in [-0.2, -0.15) is 0 Å². The minimum absolute atomic E-state index is 0.0482. The average Bonchev–Trinajstić information content (AvgIpc) is 2.86. The molecule has 1 heterocycles. The molecule has 20 heavy (non-hydrogen) atoms. The van der Waals surface area contributed by atoms with Gasteiger partial charge in [-0.1, -0.05) is 27.7 Å². The molecule has 1 aromatic heterocycles. The lowest BCUT2D eigenvalue weighted by molar-refractivity contribution is -0.111. The summed E-state index contributed by atoms with van der Waals surface area (Å²) in [5, 5.41) is 3.05. The number of amides is 1. The zero-order valence-electron chi connectivity index (χ0n) is 12.9. The maximum absolute atomic E-state index is 12.3. The molecule has 112 valence electrons. The van der Waals surface area contributed by atoms with E-state index in [-0.39, 0.29) is 29.4 Å². The molecule has 1 N–H and O–H groups in total. The van der Waals surface area contributed by atoms with Crippen molar-refractivity contribution in [2.45, 2.75) is 59.1 Å². The van der Waals surface area contributed by atoms with Crippen molar-refractivity contribution >= 4 is 5.91 Å². The van der Waals surface area contributed by atoms with E-state index in [1.807, 2.05) is 20.8 Å².